The number of amides is 1. The van der Waals surface area contributed by atoms with Crippen molar-refractivity contribution in [1.29, 1.82) is 0 Å². The zero-order chi connectivity index (χ0) is 18.9. The molecule has 4 aliphatic carbocycles. The Hall–Kier alpha value is -1.66. The first-order chi connectivity index (χ1) is 13.6. The molecule has 1 aliphatic heterocycles. The van der Waals surface area contributed by atoms with Gasteiger partial charge in [-0.05, 0) is 62.3 Å². The average molecular weight is 400 g/mol. The summed E-state index contributed by atoms with van der Waals surface area (Å²) in [7, 11) is 0. The Bertz CT molecular complexity index is 897. The van der Waals surface area contributed by atoms with E-state index in [4.69, 9.17) is 11.6 Å². The van der Waals surface area contributed by atoms with Crippen molar-refractivity contribution in [3.05, 3.63) is 29.2 Å². The average Bonchev–Trinajstić information content (AvgIpc) is 3.03. The highest BCUT2D eigenvalue weighted by Crippen LogP contribution is 2.57. The molecule has 6 nitrogen and oxygen atoms in total. The van der Waals surface area contributed by atoms with Crippen LogP contribution in [0.3, 0.4) is 0 Å². The van der Waals surface area contributed by atoms with Gasteiger partial charge in [0.15, 0.2) is 11.3 Å². The van der Waals surface area contributed by atoms with Crippen molar-refractivity contribution in [2.75, 3.05) is 26.2 Å². The summed E-state index contributed by atoms with van der Waals surface area (Å²) in [6.07, 6.45) is 12.0. The van der Waals surface area contributed by atoms with Crippen molar-refractivity contribution < 1.29 is 4.79 Å². The lowest BCUT2D eigenvalue weighted by Gasteiger charge is -2.61. The van der Waals surface area contributed by atoms with Gasteiger partial charge in [-0.3, -0.25) is 9.69 Å². The number of aromatic nitrogens is 3. The van der Waals surface area contributed by atoms with Crippen LogP contribution in [-0.2, 0) is 0 Å². The molecule has 5 fully saturated rings. The fourth-order valence-electron chi connectivity index (χ4n) is 6.98. The Morgan fingerprint density at radius 1 is 1.04 bits per heavy atom. The summed E-state index contributed by atoms with van der Waals surface area (Å²) in [5.74, 6) is 2.79. The molecule has 0 N–H and O–H groups in total. The predicted octanol–water partition coefficient (Wildman–Crippen LogP) is 3.11. The molecule has 7 rings (SSSR count). The first-order valence-corrected chi connectivity index (χ1v) is 11.0. The molecule has 0 aromatic carbocycles. The molecule has 2 aromatic heterocycles. The summed E-state index contributed by atoms with van der Waals surface area (Å²) in [6, 6.07) is 1.79. The van der Waals surface area contributed by atoms with Crippen LogP contribution in [0.5, 0.6) is 0 Å². The first kappa shape index (κ1) is 17.2. The summed E-state index contributed by atoms with van der Waals surface area (Å²) < 4.78 is 1.58. The molecule has 4 saturated carbocycles. The summed E-state index contributed by atoms with van der Waals surface area (Å²) in [4.78, 5) is 22.0. The van der Waals surface area contributed by atoms with Crippen molar-refractivity contribution in [2.45, 2.75) is 44.1 Å². The molecule has 148 valence electrons. The molecular formula is C21H26ClN5O. The highest BCUT2D eigenvalue weighted by atomic mass is 35.5. The largest absolute Gasteiger partial charge is 0.335 e. The number of hydrogen-bond acceptors (Lipinski definition) is 4. The second kappa shape index (κ2) is 6.17. The van der Waals surface area contributed by atoms with Crippen LogP contribution in [0.2, 0.25) is 5.02 Å². The number of carbonyl (C=O) groups is 1. The number of rotatable bonds is 2. The minimum absolute atomic E-state index is 0.0688. The van der Waals surface area contributed by atoms with E-state index in [0.717, 1.165) is 43.9 Å². The van der Waals surface area contributed by atoms with E-state index in [1.54, 1.807) is 23.0 Å². The fraction of sp³-hybridized carbons (Fsp3) is 0.667. The van der Waals surface area contributed by atoms with Gasteiger partial charge in [0, 0.05) is 44.1 Å². The smallest absolute Gasteiger partial charge is 0.276 e. The normalized spacial score (nSPS) is 35.0. The summed E-state index contributed by atoms with van der Waals surface area (Å²) in [5.41, 5.74) is 1.29. The van der Waals surface area contributed by atoms with E-state index in [0.29, 0.717) is 21.9 Å². The summed E-state index contributed by atoms with van der Waals surface area (Å²) in [5, 5.41) is 4.73. The Labute approximate surface area is 169 Å². The van der Waals surface area contributed by atoms with E-state index in [1.165, 1.54) is 38.5 Å². The second-order valence-corrected chi connectivity index (χ2v) is 9.85. The molecule has 0 spiro atoms. The van der Waals surface area contributed by atoms with E-state index in [2.05, 4.69) is 15.0 Å². The van der Waals surface area contributed by atoms with E-state index < -0.39 is 0 Å². The molecular weight excluding hydrogens is 374 g/mol. The van der Waals surface area contributed by atoms with Crippen molar-refractivity contribution in [1.82, 2.24) is 24.4 Å². The van der Waals surface area contributed by atoms with Gasteiger partial charge in [-0.15, -0.1) is 0 Å². The quantitative estimate of drug-likeness (QED) is 0.778. The minimum Gasteiger partial charge on any atom is -0.335 e. The van der Waals surface area contributed by atoms with Crippen LogP contribution in [0.1, 0.15) is 49.0 Å². The van der Waals surface area contributed by atoms with Crippen molar-refractivity contribution in [3.8, 4) is 0 Å². The molecule has 1 saturated heterocycles. The van der Waals surface area contributed by atoms with E-state index in [-0.39, 0.29) is 5.91 Å². The lowest BCUT2D eigenvalue weighted by molar-refractivity contribution is -0.0987. The van der Waals surface area contributed by atoms with Crippen molar-refractivity contribution in [3.63, 3.8) is 0 Å². The third-order valence-electron chi connectivity index (χ3n) is 7.79. The molecule has 1 amide bonds. The molecule has 28 heavy (non-hydrogen) atoms. The second-order valence-electron chi connectivity index (χ2n) is 9.47. The van der Waals surface area contributed by atoms with Gasteiger partial charge < -0.3 is 4.90 Å². The molecule has 4 bridgehead atoms. The number of nitrogens with zero attached hydrogens (tertiary/aromatic N) is 5. The molecule has 0 unspecified atom stereocenters. The van der Waals surface area contributed by atoms with E-state index in [9.17, 15) is 4.79 Å². The van der Waals surface area contributed by atoms with Gasteiger partial charge in [0.25, 0.3) is 5.91 Å². The number of halogens is 1. The van der Waals surface area contributed by atoms with Crippen LogP contribution in [-0.4, -0.2) is 62.0 Å². The van der Waals surface area contributed by atoms with Crippen molar-refractivity contribution in [2.24, 2.45) is 17.8 Å². The van der Waals surface area contributed by atoms with Gasteiger partial charge in [0.05, 0.1) is 0 Å². The van der Waals surface area contributed by atoms with Gasteiger partial charge in [0.2, 0.25) is 0 Å². The van der Waals surface area contributed by atoms with Crippen molar-refractivity contribution >= 4 is 23.2 Å². The molecule has 3 heterocycles. The molecule has 2 aromatic rings. The predicted molar refractivity (Wildman–Crippen MR) is 106 cm³/mol. The van der Waals surface area contributed by atoms with Gasteiger partial charge in [-0.2, -0.15) is 5.10 Å². The molecule has 5 aliphatic rings. The molecule has 0 atom stereocenters. The Morgan fingerprint density at radius 2 is 1.68 bits per heavy atom. The van der Waals surface area contributed by atoms with Crippen LogP contribution >= 0.6 is 11.6 Å². The standard InChI is InChI=1S/C21H26ClN5O/c22-17-18(24-27-3-1-2-23-19(17)27)20(28)25-4-6-26(7-5-25)21-11-14-8-15(12-21)10-16(9-14)13-21/h1-3,14-16H,4-13H2. The third kappa shape index (κ3) is 2.53. The van der Waals surface area contributed by atoms with Crippen LogP contribution in [0, 0.1) is 17.8 Å². The zero-order valence-corrected chi connectivity index (χ0v) is 16.8. The number of fused-ring (bicyclic) bond motifs is 1. The van der Waals surface area contributed by atoms with Crippen LogP contribution < -0.4 is 0 Å². The minimum atomic E-state index is -0.0688. The summed E-state index contributed by atoms with van der Waals surface area (Å²) >= 11 is 6.41. The van der Waals surface area contributed by atoms with E-state index >= 15 is 0 Å². The SMILES string of the molecule is O=C(c1nn2cccnc2c1Cl)N1CCN(C23CC4CC(CC(C4)C2)C3)CC1. The van der Waals surface area contributed by atoms with Gasteiger partial charge in [0.1, 0.15) is 5.02 Å². The zero-order valence-electron chi connectivity index (χ0n) is 16.1. The number of carbonyl (C=O) groups excluding carboxylic acids is 1. The Balaban J connectivity index is 1.18. The summed E-state index contributed by atoms with van der Waals surface area (Å²) in [6.45, 7) is 3.47. The highest BCUT2D eigenvalue weighted by Gasteiger charge is 2.53. The topological polar surface area (TPSA) is 53.7 Å². The van der Waals surface area contributed by atoms with E-state index in [1.807, 2.05) is 4.90 Å². The maximum absolute atomic E-state index is 13.1. The lowest BCUT2D eigenvalue weighted by Crippen LogP contribution is -2.64. The van der Waals surface area contributed by atoms with Gasteiger partial charge in [-0.25, -0.2) is 9.50 Å². The third-order valence-corrected chi connectivity index (χ3v) is 8.13. The van der Waals surface area contributed by atoms with Crippen LogP contribution in [0.25, 0.3) is 5.65 Å². The molecule has 0 radical (unpaired) electrons. The number of piperazine rings is 1. The first-order valence-electron chi connectivity index (χ1n) is 10.6. The highest BCUT2D eigenvalue weighted by molar-refractivity contribution is 6.36. The van der Waals surface area contributed by atoms with Crippen LogP contribution in [0.4, 0.5) is 0 Å². The maximum Gasteiger partial charge on any atom is 0.276 e. The fourth-order valence-corrected chi connectivity index (χ4v) is 7.24. The van der Waals surface area contributed by atoms with Gasteiger partial charge >= 0.3 is 0 Å². The Kier molecular flexibility index (Phi) is 3.79. The maximum atomic E-state index is 13.1. The van der Waals surface area contributed by atoms with Gasteiger partial charge in [-0.1, -0.05) is 11.6 Å². The van der Waals surface area contributed by atoms with Crippen LogP contribution in [0.15, 0.2) is 18.5 Å². The molecule has 7 heteroatoms. The lowest BCUT2D eigenvalue weighted by atomic mass is 9.52. The Morgan fingerprint density at radius 3 is 2.29 bits per heavy atom. The monoisotopic (exact) mass is 399 g/mol. The number of hydrogen-bond donors (Lipinski definition) is 0.